The lowest BCUT2D eigenvalue weighted by Crippen LogP contribution is -2.18. The highest BCUT2D eigenvalue weighted by atomic mass is 35.5. The third kappa shape index (κ3) is 3.13. The van der Waals surface area contributed by atoms with Crippen molar-refractivity contribution in [2.45, 2.75) is 18.8 Å². The first-order valence-corrected chi connectivity index (χ1v) is 8.18. The Balaban J connectivity index is 1.83. The third-order valence-electron chi connectivity index (χ3n) is 3.61. The summed E-state index contributed by atoms with van der Waals surface area (Å²) in [5.74, 6) is 0.0772. The molecule has 1 atom stereocenters. The summed E-state index contributed by atoms with van der Waals surface area (Å²) in [7, 11) is 0. The van der Waals surface area contributed by atoms with Crippen LogP contribution in [0.4, 0.5) is 5.69 Å². The molecular formula is C17H14ClNO2S. The summed E-state index contributed by atoms with van der Waals surface area (Å²) in [5, 5.41) is 12.7. The lowest BCUT2D eigenvalue weighted by molar-refractivity contribution is -0.116. The van der Waals surface area contributed by atoms with E-state index in [9.17, 15) is 9.90 Å². The van der Waals surface area contributed by atoms with Crippen LogP contribution in [0.1, 0.15) is 23.6 Å². The first-order chi connectivity index (χ1) is 10.6. The molecule has 3 rings (SSSR count). The maximum absolute atomic E-state index is 12.3. The highest BCUT2D eigenvalue weighted by molar-refractivity contribution is 7.10. The standard InChI is InChI=1S/C17H14ClNO2S/c18-13-4-1-2-5-14(13)19-10-12-15(20)8-11(9-16(12)21)17-6-3-7-22-17/h1-7,10-11,20H,8-9H2. The van der Waals surface area contributed by atoms with Gasteiger partial charge in [-0.1, -0.05) is 29.8 Å². The maximum atomic E-state index is 12.3. The molecule has 1 aromatic heterocycles. The van der Waals surface area contributed by atoms with Gasteiger partial charge >= 0.3 is 0 Å². The highest BCUT2D eigenvalue weighted by Gasteiger charge is 2.28. The van der Waals surface area contributed by atoms with Gasteiger partial charge in [0.05, 0.1) is 16.3 Å². The second-order valence-electron chi connectivity index (χ2n) is 5.11. The van der Waals surface area contributed by atoms with E-state index in [0.717, 1.165) is 4.88 Å². The van der Waals surface area contributed by atoms with Gasteiger partial charge < -0.3 is 5.11 Å². The molecule has 112 valence electrons. The number of allylic oxidation sites excluding steroid dienone is 2. The van der Waals surface area contributed by atoms with Gasteiger partial charge in [-0.2, -0.15) is 0 Å². The average Bonchev–Trinajstić information content (AvgIpc) is 3.02. The van der Waals surface area contributed by atoms with Gasteiger partial charge in [-0.25, -0.2) is 0 Å². The molecule has 0 amide bonds. The fourth-order valence-electron chi connectivity index (χ4n) is 2.47. The summed E-state index contributed by atoms with van der Waals surface area (Å²) in [6.45, 7) is 0. The molecule has 1 aromatic carbocycles. The van der Waals surface area contributed by atoms with Crippen molar-refractivity contribution in [3.05, 3.63) is 63.0 Å². The first-order valence-electron chi connectivity index (χ1n) is 6.92. The molecule has 0 saturated heterocycles. The van der Waals surface area contributed by atoms with Crippen LogP contribution in [-0.2, 0) is 4.79 Å². The Hall–Kier alpha value is -1.91. The second-order valence-corrected chi connectivity index (χ2v) is 6.50. The number of hydrogen-bond donors (Lipinski definition) is 1. The quantitative estimate of drug-likeness (QED) is 0.799. The highest BCUT2D eigenvalue weighted by Crippen LogP contribution is 2.35. The minimum absolute atomic E-state index is 0.0602. The number of carbonyl (C=O) groups is 1. The van der Waals surface area contributed by atoms with Crippen LogP contribution >= 0.6 is 22.9 Å². The van der Waals surface area contributed by atoms with E-state index in [4.69, 9.17) is 11.6 Å². The van der Waals surface area contributed by atoms with Crippen LogP contribution in [0, 0.1) is 0 Å². The minimum atomic E-state index is -0.0852. The molecule has 0 fully saturated rings. The minimum Gasteiger partial charge on any atom is -0.511 e. The predicted octanol–water partition coefficient (Wildman–Crippen LogP) is 5.06. The van der Waals surface area contributed by atoms with Gasteiger partial charge in [0.15, 0.2) is 5.78 Å². The molecule has 5 heteroatoms. The largest absolute Gasteiger partial charge is 0.511 e. The molecule has 3 nitrogen and oxygen atoms in total. The van der Waals surface area contributed by atoms with Gasteiger partial charge in [0, 0.05) is 29.9 Å². The number of benzene rings is 1. The zero-order chi connectivity index (χ0) is 15.5. The van der Waals surface area contributed by atoms with E-state index < -0.39 is 0 Å². The van der Waals surface area contributed by atoms with Gasteiger partial charge in [-0.05, 0) is 23.6 Å². The molecule has 1 aliphatic rings. The topological polar surface area (TPSA) is 49.7 Å². The summed E-state index contributed by atoms with van der Waals surface area (Å²) in [4.78, 5) is 17.6. The van der Waals surface area contributed by atoms with Crippen molar-refractivity contribution in [1.82, 2.24) is 0 Å². The monoisotopic (exact) mass is 331 g/mol. The number of aliphatic hydroxyl groups excluding tert-OH is 1. The zero-order valence-corrected chi connectivity index (χ0v) is 13.3. The molecule has 0 saturated carbocycles. The van der Waals surface area contributed by atoms with Gasteiger partial charge in [0.25, 0.3) is 0 Å². The zero-order valence-electron chi connectivity index (χ0n) is 11.7. The fourth-order valence-corrected chi connectivity index (χ4v) is 3.49. The number of aliphatic hydroxyl groups is 1. The maximum Gasteiger partial charge on any atom is 0.168 e. The Morgan fingerprint density at radius 2 is 2.05 bits per heavy atom. The van der Waals surface area contributed by atoms with Crippen molar-refractivity contribution in [2.75, 3.05) is 0 Å². The number of ketones is 1. The number of Topliss-reactive ketones (excluding diaryl/α,β-unsaturated/α-hetero) is 1. The van der Waals surface area contributed by atoms with Gasteiger partial charge in [0.2, 0.25) is 0 Å². The molecule has 1 aliphatic carbocycles. The second kappa shape index (κ2) is 6.46. The normalized spacial score (nSPS) is 19.1. The van der Waals surface area contributed by atoms with Crippen LogP contribution in [0.5, 0.6) is 0 Å². The Morgan fingerprint density at radius 1 is 1.23 bits per heavy atom. The molecule has 2 aromatic rings. The Morgan fingerprint density at radius 3 is 2.73 bits per heavy atom. The summed E-state index contributed by atoms with van der Waals surface area (Å²) in [5.41, 5.74) is 0.866. The van der Waals surface area contributed by atoms with Crippen LogP contribution < -0.4 is 0 Å². The smallest absolute Gasteiger partial charge is 0.168 e. The van der Waals surface area contributed by atoms with Crippen molar-refractivity contribution in [1.29, 1.82) is 0 Å². The molecule has 0 bridgehead atoms. The lowest BCUT2D eigenvalue weighted by atomic mass is 9.86. The molecule has 1 heterocycles. The van der Waals surface area contributed by atoms with E-state index in [2.05, 4.69) is 4.99 Å². The molecule has 0 aliphatic heterocycles. The van der Waals surface area contributed by atoms with Crippen LogP contribution in [0.15, 0.2) is 58.1 Å². The summed E-state index contributed by atoms with van der Waals surface area (Å²) in [6, 6.07) is 11.1. The van der Waals surface area contributed by atoms with Gasteiger partial charge in [0.1, 0.15) is 5.76 Å². The molecule has 0 radical (unpaired) electrons. The number of carbonyl (C=O) groups excluding carboxylic acids is 1. The van der Waals surface area contributed by atoms with E-state index in [1.54, 1.807) is 23.5 Å². The fraction of sp³-hybridized carbons (Fsp3) is 0.176. The number of thiophene rings is 1. The molecule has 0 spiro atoms. The molecule has 1 unspecified atom stereocenters. The summed E-state index contributed by atoms with van der Waals surface area (Å²) in [6.07, 6.45) is 2.29. The average molecular weight is 332 g/mol. The Labute approximate surface area is 137 Å². The number of halogens is 1. The number of hydrogen-bond acceptors (Lipinski definition) is 4. The van der Waals surface area contributed by atoms with Gasteiger partial charge in [-0.3, -0.25) is 9.79 Å². The van der Waals surface area contributed by atoms with E-state index in [-0.39, 0.29) is 23.0 Å². The molecular weight excluding hydrogens is 318 g/mol. The van der Waals surface area contributed by atoms with E-state index in [0.29, 0.717) is 23.6 Å². The SMILES string of the molecule is O=C1CC(c2cccs2)CC(O)=C1C=Nc1ccccc1Cl. The number of para-hydroxylation sites is 1. The van der Waals surface area contributed by atoms with Crippen LogP contribution in [0.25, 0.3) is 0 Å². The first kappa shape index (κ1) is 15.0. The van der Waals surface area contributed by atoms with E-state index in [1.165, 1.54) is 6.21 Å². The van der Waals surface area contributed by atoms with Crippen LogP contribution in [0.3, 0.4) is 0 Å². The number of rotatable bonds is 3. The molecule has 1 N–H and O–H groups in total. The van der Waals surface area contributed by atoms with Crippen molar-refractivity contribution in [3.63, 3.8) is 0 Å². The Kier molecular flexibility index (Phi) is 4.41. The van der Waals surface area contributed by atoms with Crippen LogP contribution in [-0.4, -0.2) is 17.1 Å². The van der Waals surface area contributed by atoms with Crippen LogP contribution in [0.2, 0.25) is 5.02 Å². The number of aliphatic imine (C=N–C) groups is 1. The van der Waals surface area contributed by atoms with Gasteiger partial charge in [-0.15, -0.1) is 11.3 Å². The number of nitrogens with zero attached hydrogens (tertiary/aromatic N) is 1. The summed E-state index contributed by atoms with van der Waals surface area (Å²) >= 11 is 7.64. The Bertz CT molecular complexity index is 750. The lowest BCUT2D eigenvalue weighted by Gasteiger charge is -2.20. The predicted molar refractivity (Wildman–Crippen MR) is 90.6 cm³/mol. The van der Waals surface area contributed by atoms with Crippen molar-refractivity contribution >= 4 is 40.6 Å². The summed E-state index contributed by atoms with van der Waals surface area (Å²) < 4.78 is 0. The van der Waals surface area contributed by atoms with E-state index in [1.807, 2.05) is 29.6 Å². The van der Waals surface area contributed by atoms with Crippen molar-refractivity contribution < 1.29 is 9.90 Å². The molecule has 22 heavy (non-hydrogen) atoms. The van der Waals surface area contributed by atoms with E-state index >= 15 is 0 Å². The third-order valence-corrected chi connectivity index (χ3v) is 4.97. The van der Waals surface area contributed by atoms with Crippen molar-refractivity contribution in [2.24, 2.45) is 4.99 Å². The van der Waals surface area contributed by atoms with Crippen molar-refractivity contribution in [3.8, 4) is 0 Å².